The third-order valence-corrected chi connectivity index (χ3v) is 5.59. The Bertz CT molecular complexity index is 1090. The molecule has 1 amide bonds. The monoisotopic (exact) mass is 394 g/mol. The van der Waals surface area contributed by atoms with E-state index in [9.17, 15) is 13.2 Å². The molecule has 3 rings (SSSR count). The van der Waals surface area contributed by atoms with Gasteiger partial charge in [0.05, 0.1) is 4.90 Å². The molecule has 0 heterocycles. The van der Waals surface area contributed by atoms with E-state index >= 15 is 0 Å². The summed E-state index contributed by atoms with van der Waals surface area (Å²) in [6.45, 7) is 1.66. The third-order valence-electron chi connectivity index (χ3n) is 4.54. The van der Waals surface area contributed by atoms with E-state index in [1.165, 1.54) is 11.6 Å². The van der Waals surface area contributed by atoms with Crippen LogP contribution in [0.15, 0.2) is 77.7 Å². The number of rotatable bonds is 6. The van der Waals surface area contributed by atoms with Crippen molar-refractivity contribution in [1.82, 2.24) is 0 Å². The van der Waals surface area contributed by atoms with Crippen molar-refractivity contribution in [2.24, 2.45) is 5.14 Å². The molecule has 0 aliphatic carbocycles. The SMILES string of the molecule is Cc1ccc(NC(=O)c2ccccc2CCc2ccccc2)cc1S(N)(=O)=O. The number of nitrogens with one attached hydrogen (secondary N) is 1. The average molecular weight is 394 g/mol. The zero-order valence-corrected chi connectivity index (χ0v) is 16.4. The van der Waals surface area contributed by atoms with Gasteiger partial charge in [-0.05, 0) is 54.7 Å². The number of carbonyl (C=O) groups excluding carboxylic acids is 1. The number of hydrogen-bond donors (Lipinski definition) is 2. The first-order valence-electron chi connectivity index (χ1n) is 8.91. The van der Waals surface area contributed by atoms with Crippen molar-refractivity contribution < 1.29 is 13.2 Å². The number of nitrogens with two attached hydrogens (primary N) is 1. The fraction of sp³-hybridized carbons (Fsp3) is 0.136. The second-order valence-electron chi connectivity index (χ2n) is 6.62. The molecule has 0 radical (unpaired) electrons. The minimum Gasteiger partial charge on any atom is -0.322 e. The lowest BCUT2D eigenvalue weighted by atomic mass is 9.99. The Hall–Kier alpha value is -2.96. The van der Waals surface area contributed by atoms with Gasteiger partial charge in [-0.25, -0.2) is 13.6 Å². The van der Waals surface area contributed by atoms with Gasteiger partial charge in [-0.15, -0.1) is 0 Å². The number of amides is 1. The van der Waals surface area contributed by atoms with Crippen molar-refractivity contribution >= 4 is 21.6 Å². The number of anilines is 1. The highest BCUT2D eigenvalue weighted by atomic mass is 32.2. The first-order chi connectivity index (χ1) is 13.3. The maximum Gasteiger partial charge on any atom is 0.255 e. The number of primary sulfonamides is 1. The Balaban J connectivity index is 1.80. The van der Waals surface area contributed by atoms with Gasteiger partial charge in [0.2, 0.25) is 10.0 Å². The van der Waals surface area contributed by atoms with Gasteiger partial charge in [0.25, 0.3) is 5.91 Å². The lowest BCUT2D eigenvalue weighted by molar-refractivity contribution is 0.102. The summed E-state index contributed by atoms with van der Waals surface area (Å²) in [6.07, 6.45) is 1.55. The van der Waals surface area contributed by atoms with Gasteiger partial charge >= 0.3 is 0 Å². The van der Waals surface area contributed by atoms with Crippen LogP contribution in [0.5, 0.6) is 0 Å². The van der Waals surface area contributed by atoms with Gasteiger partial charge < -0.3 is 5.32 Å². The molecule has 0 unspecified atom stereocenters. The zero-order valence-electron chi connectivity index (χ0n) is 15.6. The maximum absolute atomic E-state index is 12.8. The van der Waals surface area contributed by atoms with E-state index in [0.29, 0.717) is 16.8 Å². The van der Waals surface area contributed by atoms with Crippen molar-refractivity contribution in [2.75, 3.05) is 5.32 Å². The second-order valence-corrected chi connectivity index (χ2v) is 8.15. The number of carbonyl (C=O) groups is 1. The summed E-state index contributed by atoms with van der Waals surface area (Å²) < 4.78 is 23.4. The Kier molecular flexibility index (Phi) is 5.92. The highest BCUT2D eigenvalue weighted by molar-refractivity contribution is 7.89. The van der Waals surface area contributed by atoms with E-state index in [4.69, 9.17) is 5.14 Å². The highest BCUT2D eigenvalue weighted by Gasteiger charge is 2.15. The summed E-state index contributed by atoms with van der Waals surface area (Å²) >= 11 is 0. The van der Waals surface area contributed by atoms with Gasteiger partial charge in [-0.1, -0.05) is 54.6 Å². The van der Waals surface area contributed by atoms with Crippen LogP contribution in [0.1, 0.15) is 27.0 Å². The van der Waals surface area contributed by atoms with E-state index in [1.54, 1.807) is 25.1 Å². The molecule has 5 nitrogen and oxygen atoms in total. The van der Waals surface area contributed by atoms with Crippen LogP contribution in [0.2, 0.25) is 0 Å². The maximum atomic E-state index is 12.8. The van der Waals surface area contributed by atoms with E-state index < -0.39 is 10.0 Å². The molecule has 0 bridgehead atoms. The van der Waals surface area contributed by atoms with Crippen LogP contribution >= 0.6 is 0 Å². The Morgan fingerprint density at radius 2 is 1.61 bits per heavy atom. The Morgan fingerprint density at radius 3 is 2.32 bits per heavy atom. The van der Waals surface area contributed by atoms with Gasteiger partial charge in [0, 0.05) is 11.3 Å². The summed E-state index contributed by atoms with van der Waals surface area (Å²) in [5, 5.41) is 8.02. The molecule has 3 aromatic rings. The minimum absolute atomic E-state index is 0.00247. The topological polar surface area (TPSA) is 89.3 Å². The van der Waals surface area contributed by atoms with E-state index in [-0.39, 0.29) is 10.8 Å². The Morgan fingerprint density at radius 1 is 0.929 bits per heavy atom. The average Bonchev–Trinajstić information content (AvgIpc) is 2.68. The van der Waals surface area contributed by atoms with Crippen LogP contribution in [0.25, 0.3) is 0 Å². The van der Waals surface area contributed by atoms with E-state index in [2.05, 4.69) is 17.4 Å². The van der Waals surface area contributed by atoms with Crippen LogP contribution in [-0.4, -0.2) is 14.3 Å². The number of sulfonamides is 1. The van der Waals surface area contributed by atoms with Crippen LogP contribution in [-0.2, 0) is 22.9 Å². The largest absolute Gasteiger partial charge is 0.322 e. The molecule has 0 saturated heterocycles. The normalized spacial score (nSPS) is 11.2. The highest BCUT2D eigenvalue weighted by Crippen LogP contribution is 2.21. The third kappa shape index (κ3) is 4.85. The molecule has 0 aliphatic rings. The summed E-state index contributed by atoms with van der Waals surface area (Å²) in [5.74, 6) is -0.284. The lowest BCUT2D eigenvalue weighted by Crippen LogP contribution is -2.17. The summed E-state index contributed by atoms with van der Waals surface area (Å²) in [7, 11) is -3.86. The van der Waals surface area contributed by atoms with Crippen LogP contribution < -0.4 is 10.5 Å². The zero-order chi connectivity index (χ0) is 20.1. The van der Waals surface area contributed by atoms with Crippen molar-refractivity contribution in [2.45, 2.75) is 24.7 Å². The summed E-state index contributed by atoms with van der Waals surface area (Å²) in [5.41, 5.74) is 3.62. The first kappa shape index (κ1) is 19.8. The molecule has 0 aliphatic heterocycles. The van der Waals surface area contributed by atoms with Gasteiger partial charge in [-0.2, -0.15) is 0 Å². The van der Waals surface area contributed by atoms with Crippen molar-refractivity contribution in [3.05, 3.63) is 95.1 Å². The van der Waals surface area contributed by atoms with Crippen LogP contribution in [0.4, 0.5) is 5.69 Å². The molecule has 3 N–H and O–H groups in total. The van der Waals surface area contributed by atoms with Gasteiger partial charge in [0.15, 0.2) is 0 Å². The molecule has 0 aromatic heterocycles. The minimum atomic E-state index is -3.86. The number of benzene rings is 3. The fourth-order valence-corrected chi connectivity index (χ4v) is 3.87. The molecular weight excluding hydrogens is 372 g/mol. The molecule has 0 atom stereocenters. The van der Waals surface area contributed by atoms with Gasteiger partial charge in [0.1, 0.15) is 0 Å². The van der Waals surface area contributed by atoms with Crippen LogP contribution in [0.3, 0.4) is 0 Å². The first-order valence-corrected chi connectivity index (χ1v) is 10.5. The quantitative estimate of drug-likeness (QED) is 0.668. The lowest BCUT2D eigenvalue weighted by Gasteiger charge is -2.12. The summed E-state index contributed by atoms with van der Waals surface area (Å²) in [6, 6.07) is 22.2. The molecule has 0 spiro atoms. The standard InChI is InChI=1S/C22H22N2O3S/c1-16-11-14-19(15-21(16)28(23,26)27)24-22(25)20-10-6-5-9-18(20)13-12-17-7-3-2-4-8-17/h2-11,14-15H,12-13H2,1H3,(H,24,25)(H2,23,26,27). The van der Waals surface area contributed by atoms with Gasteiger partial charge in [-0.3, -0.25) is 4.79 Å². The number of hydrogen-bond acceptors (Lipinski definition) is 3. The Labute approximate surface area is 165 Å². The molecule has 6 heteroatoms. The molecule has 28 heavy (non-hydrogen) atoms. The molecule has 0 saturated carbocycles. The summed E-state index contributed by atoms with van der Waals surface area (Å²) in [4.78, 5) is 12.8. The van der Waals surface area contributed by atoms with E-state index in [0.717, 1.165) is 18.4 Å². The number of aryl methyl sites for hydroxylation is 3. The second kappa shape index (κ2) is 8.37. The smallest absolute Gasteiger partial charge is 0.255 e. The molecule has 144 valence electrons. The molecular formula is C22H22N2O3S. The van der Waals surface area contributed by atoms with Crippen molar-refractivity contribution in [3.8, 4) is 0 Å². The fourth-order valence-electron chi connectivity index (χ4n) is 3.07. The van der Waals surface area contributed by atoms with Crippen molar-refractivity contribution in [3.63, 3.8) is 0 Å². The van der Waals surface area contributed by atoms with Crippen LogP contribution in [0, 0.1) is 6.92 Å². The predicted octanol–water partition coefficient (Wildman–Crippen LogP) is 3.68. The molecule has 3 aromatic carbocycles. The van der Waals surface area contributed by atoms with Crippen molar-refractivity contribution in [1.29, 1.82) is 0 Å². The van der Waals surface area contributed by atoms with E-state index in [1.807, 2.05) is 36.4 Å². The molecule has 0 fully saturated rings. The predicted molar refractivity (Wildman–Crippen MR) is 111 cm³/mol.